The summed E-state index contributed by atoms with van der Waals surface area (Å²) in [5.41, 5.74) is 3.18. The van der Waals surface area contributed by atoms with Gasteiger partial charge in [0, 0.05) is 48.5 Å². The molecule has 0 aromatic heterocycles. The summed E-state index contributed by atoms with van der Waals surface area (Å²) in [4.78, 5) is 33.2. The Kier molecular flexibility index (Phi) is 8.99. The van der Waals surface area contributed by atoms with Crippen LogP contribution in [0.25, 0.3) is 0 Å². The number of Topliss-reactive ketones (excluding diaryl/α,β-unsaturated/α-hetero) is 2. The lowest BCUT2D eigenvalue weighted by atomic mass is 10.1. The first-order valence-electron chi connectivity index (χ1n) is 9.72. The molecule has 0 saturated carbocycles. The second-order valence-electron chi connectivity index (χ2n) is 6.87. The van der Waals surface area contributed by atoms with Crippen LogP contribution in [-0.4, -0.2) is 36.1 Å². The van der Waals surface area contributed by atoms with Crippen LogP contribution in [-0.2, 0) is 0 Å². The fourth-order valence-corrected chi connectivity index (χ4v) is 2.79. The Morgan fingerprint density at radius 1 is 0.643 bits per heavy atom. The quantitative estimate of drug-likeness (QED) is 0.306. The van der Waals surface area contributed by atoms with Crippen molar-refractivity contribution in [2.45, 2.75) is 39.5 Å². The number of ketones is 2. The van der Waals surface area contributed by atoms with E-state index in [0.29, 0.717) is 25.9 Å². The van der Waals surface area contributed by atoms with Gasteiger partial charge in [0.05, 0.1) is 0 Å². The van der Waals surface area contributed by atoms with Crippen molar-refractivity contribution in [3.63, 3.8) is 0 Å². The van der Waals surface area contributed by atoms with Crippen molar-refractivity contribution in [3.8, 4) is 0 Å². The molecular formula is C24H28N2O2. The summed E-state index contributed by atoms with van der Waals surface area (Å²) in [5, 5.41) is 0. The number of hydrogen-bond acceptors (Lipinski definition) is 4. The second-order valence-corrected chi connectivity index (χ2v) is 6.87. The van der Waals surface area contributed by atoms with E-state index >= 15 is 0 Å². The standard InChI is InChI=1S/C24H28N2O2/c1-19(17-23(27)21-11-5-3-6-12-21)25-15-9-10-16-26-20(2)18-24(28)22-13-7-4-8-14-22/h3-8,11-14H,9-10,15-18H2,1-2H3. The molecule has 146 valence electrons. The molecule has 0 N–H and O–H groups in total. The third-order valence-electron chi connectivity index (χ3n) is 4.35. The van der Waals surface area contributed by atoms with E-state index in [2.05, 4.69) is 9.98 Å². The van der Waals surface area contributed by atoms with Crippen LogP contribution >= 0.6 is 0 Å². The number of rotatable bonds is 11. The average molecular weight is 377 g/mol. The maximum atomic E-state index is 12.1. The van der Waals surface area contributed by atoms with Gasteiger partial charge in [-0.2, -0.15) is 0 Å². The van der Waals surface area contributed by atoms with E-state index in [1.54, 1.807) is 0 Å². The zero-order chi connectivity index (χ0) is 20.2. The lowest BCUT2D eigenvalue weighted by molar-refractivity contribution is 0.0992. The van der Waals surface area contributed by atoms with Crippen molar-refractivity contribution in [1.29, 1.82) is 0 Å². The van der Waals surface area contributed by atoms with Gasteiger partial charge >= 0.3 is 0 Å². The number of aliphatic imine (C=N–C) groups is 2. The topological polar surface area (TPSA) is 58.9 Å². The lowest BCUT2D eigenvalue weighted by Gasteiger charge is -2.03. The Labute approximate surface area is 167 Å². The maximum absolute atomic E-state index is 12.1. The summed E-state index contributed by atoms with van der Waals surface area (Å²) in [5.74, 6) is 0.204. The van der Waals surface area contributed by atoms with Gasteiger partial charge in [0.1, 0.15) is 0 Å². The van der Waals surface area contributed by atoms with E-state index in [-0.39, 0.29) is 11.6 Å². The Hall–Kier alpha value is -2.88. The molecule has 0 atom stereocenters. The predicted molar refractivity (Wildman–Crippen MR) is 116 cm³/mol. The molecule has 28 heavy (non-hydrogen) atoms. The van der Waals surface area contributed by atoms with E-state index in [0.717, 1.165) is 35.4 Å². The van der Waals surface area contributed by atoms with Crippen LogP contribution in [0.3, 0.4) is 0 Å². The van der Waals surface area contributed by atoms with Crippen molar-refractivity contribution >= 4 is 23.0 Å². The Balaban J connectivity index is 1.65. The first-order chi connectivity index (χ1) is 13.6. The smallest absolute Gasteiger partial charge is 0.168 e. The molecule has 4 heteroatoms. The fraction of sp³-hybridized carbons (Fsp3) is 0.333. The summed E-state index contributed by atoms with van der Waals surface area (Å²) in [6, 6.07) is 18.6. The van der Waals surface area contributed by atoms with Crippen molar-refractivity contribution < 1.29 is 9.59 Å². The Bertz CT molecular complexity index is 753. The van der Waals surface area contributed by atoms with E-state index in [4.69, 9.17) is 0 Å². The maximum Gasteiger partial charge on any atom is 0.168 e. The van der Waals surface area contributed by atoms with E-state index in [9.17, 15) is 9.59 Å². The van der Waals surface area contributed by atoms with Gasteiger partial charge in [-0.25, -0.2) is 0 Å². The summed E-state index contributed by atoms with van der Waals surface area (Å²) < 4.78 is 0. The lowest BCUT2D eigenvalue weighted by Crippen LogP contribution is -2.06. The van der Waals surface area contributed by atoms with E-state index < -0.39 is 0 Å². The van der Waals surface area contributed by atoms with Crippen LogP contribution in [0.2, 0.25) is 0 Å². The molecule has 0 aliphatic rings. The molecule has 0 radical (unpaired) electrons. The molecule has 2 rings (SSSR count). The molecule has 0 heterocycles. The molecule has 0 amide bonds. The highest BCUT2D eigenvalue weighted by atomic mass is 16.1. The van der Waals surface area contributed by atoms with Gasteiger partial charge in [0.15, 0.2) is 11.6 Å². The minimum atomic E-state index is 0.102. The predicted octanol–water partition coefficient (Wildman–Crippen LogP) is 5.23. The average Bonchev–Trinajstić information content (AvgIpc) is 2.71. The molecule has 2 aromatic carbocycles. The van der Waals surface area contributed by atoms with Gasteiger partial charge in [-0.05, 0) is 26.7 Å². The third-order valence-corrected chi connectivity index (χ3v) is 4.35. The van der Waals surface area contributed by atoms with Crippen LogP contribution in [0, 0.1) is 0 Å². The largest absolute Gasteiger partial charge is 0.294 e. The molecule has 0 aliphatic carbocycles. The molecule has 2 aromatic rings. The highest BCUT2D eigenvalue weighted by Gasteiger charge is 2.07. The van der Waals surface area contributed by atoms with Gasteiger partial charge in [-0.15, -0.1) is 0 Å². The normalized spacial score (nSPS) is 12.1. The minimum absolute atomic E-state index is 0.102. The first-order valence-corrected chi connectivity index (χ1v) is 9.72. The molecule has 0 bridgehead atoms. The van der Waals surface area contributed by atoms with Crippen LogP contribution < -0.4 is 0 Å². The zero-order valence-corrected chi connectivity index (χ0v) is 16.7. The molecule has 4 nitrogen and oxygen atoms in total. The zero-order valence-electron chi connectivity index (χ0n) is 16.7. The summed E-state index contributed by atoms with van der Waals surface area (Å²) >= 11 is 0. The van der Waals surface area contributed by atoms with Crippen molar-refractivity contribution in [1.82, 2.24) is 0 Å². The number of unbranched alkanes of at least 4 members (excludes halogenated alkanes) is 1. The summed E-state index contributed by atoms with van der Waals surface area (Å²) in [6.07, 6.45) is 2.56. The number of nitrogens with zero attached hydrogens (tertiary/aromatic N) is 2. The summed E-state index contributed by atoms with van der Waals surface area (Å²) in [7, 11) is 0. The molecule has 0 unspecified atom stereocenters. The van der Waals surface area contributed by atoms with Crippen LogP contribution in [0.4, 0.5) is 0 Å². The third kappa shape index (κ3) is 7.78. The number of carbonyl (C=O) groups is 2. The van der Waals surface area contributed by atoms with Gasteiger partial charge in [0.25, 0.3) is 0 Å². The Morgan fingerprint density at radius 3 is 1.36 bits per heavy atom. The van der Waals surface area contributed by atoms with Gasteiger partial charge in [0.2, 0.25) is 0 Å². The Morgan fingerprint density at radius 2 is 1.00 bits per heavy atom. The molecule has 0 aliphatic heterocycles. The van der Waals surface area contributed by atoms with Crippen LogP contribution in [0.5, 0.6) is 0 Å². The van der Waals surface area contributed by atoms with Gasteiger partial charge in [-0.1, -0.05) is 60.7 Å². The molecule has 0 spiro atoms. The highest BCUT2D eigenvalue weighted by molar-refractivity contribution is 6.09. The highest BCUT2D eigenvalue weighted by Crippen LogP contribution is 2.06. The fourth-order valence-electron chi connectivity index (χ4n) is 2.79. The van der Waals surface area contributed by atoms with E-state index in [1.165, 1.54) is 0 Å². The van der Waals surface area contributed by atoms with Crippen molar-refractivity contribution in [3.05, 3.63) is 71.8 Å². The number of hydrogen-bond donors (Lipinski definition) is 0. The van der Waals surface area contributed by atoms with E-state index in [1.807, 2.05) is 74.5 Å². The second kappa shape index (κ2) is 11.8. The van der Waals surface area contributed by atoms with Crippen LogP contribution in [0.15, 0.2) is 70.6 Å². The number of carbonyl (C=O) groups excluding carboxylic acids is 2. The van der Waals surface area contributed by atoms with Gasteiger partial charge < -0.3 is 0 Å². The number of benzene rings is 2. The SMILES string of the molecule is CC(CC(=O)c1ccccc1)=NCCCCN=C(C)CC(=O)c1ccccc1. The molecular weight excluding hydrogens is 348 g/mol. The van der Waals surface area contributed by atoms with Crippen molar-refractivity contribution in [2.75, 3.05) is 13.1 Å². The molecule has 0 saturated heterocycles. The minimum Gasteiger partial charge on any atom is -0.294 e. The molecule has 0 fully saturated rings. The monoisotopic (exact) mass is 376 g/mol. The first kappa shape index (κ1) is 21.4. The van der Waals surface area contributed by atoms with Gasteiger partial charge in [-0.3, -0.25) is 19.6 Å². The van der Waals surface area contributed by atoms with Crippen LogP contribution in [0.1, 0.15) is 60.2 Å². The van der Waals surface area contributed by atoms with Crippen molar-refractivity contribution in [2.24, 2.45) is 9.98 Å². The summed E-state index contributed by atoms with van der Waals surface area (Å²) in [6.45, 7) is 5.20.